The van der Waals surface area contributed by atoms with Crippen LogP contribution in [0.1, 0.15) is 24.3 Å². The van der Waals surface area contributed by atoms with Crippen molar-refractivity contribution < 1.29 is 9.50 Å². The van der Waals surface area contributed by atoms with Crippen LogP contribution in [-0.4, -0.2) is 52.7 Å². The summed E-state index contributed by atoms with van der Waals surface area (Å²) in [5.41, 5.74) is 1.39. The number of benzene rings is 1. The summed E-state index contributed by atoms with van der Waals surface area (Å²) in [7, 11) is 0. The number of aliphatic hydroxyl groups excluding tert-OH is 1. The molecule has 0 spiro atoms. The molecule has 2 heterocycles. The average molecular weight is 330 g/mol. The molecule has 5 nitrogen and oxygen atoms in total. The third-order valence-corrected chi connectivity index (χ3v) is 4.47. The standard InChI is InChI=1S/C18H23FN4O/c1-2-15-17(19)18(21-13-20-15)23-10-8-22(9-11-23)12-16(24)14-6-4-3-5-7-14/h3-7,13,16,24H,2,8-12H2,1H3. The minimum absolute atomic E-state index is 0.308. The molecule has 1 aliphatic heterocycles. The van der Waals surface area contributed by atoms with Gasteiger partial charge in [-0.15, -0.1) is 0 Å². The molecule has 1 N–H and O–H groups in total. The van der Waals surface area contributed by atoms with Crippen LogP contribution in [0.2, 0.25) is 0 Å². The van der Waals surface area contributed by atoms with Crippen molar-refractivity contribution in [1.82, 2.24) is 14.9 Å². The minimum Gasteiger partial charge on any atom is -0.387 e. The predicted octanol–water partition coefficient (Wildman–Crippen LogP) is 2.03. The average Bonchev–Trinajstić information content (AvgIpc) is 2.63. The molecule has 1 aliphatic rings. The molecule has 3 rings (SSSR count). The van der Waals surface area contributed by atoms with Gasteiger partial charge < -0.3 is 10.0 Å². The number of aryl methyl sites for hydroxylation is 1. The lowest BCUT2D eigenvalue weighted by atomic mass is 10.1. The monoisotopic (exact) mass is 330 g/mol. The second-order valence-corrected chi connectivity index (χ2v) is 6.03. The van der Waals surface area contributed by atoms with Gasteiger partial charge in [-0.1, -0.05) is 37.3 Å². The van der Waals surface area contributed by atoms with Gasteiger partial charge in [0.1, 0.15) is 6.33 Å². The van der Waals surface area contributed by atoms with Crippen LogP contribution in [0.15, 0.2) is 36.7 Å². The molecule has 24 heavy (non-hydrogen) atoms. The van der Waals surface area contributed by atoms with Crippen LogP contribution >= 0.6 is 0 Å². The maximum Gasteiger partial charge on any atom is 0.187 e. The van der Waals surface area contributed by atoms with Crippen LogP contribution in [0.4, 0.5) is 10.2 Å². The maximum absolute atomic E-state index is 14.4. The fraction of sp³-hybridized carbons (Fsp3) is 0.444. The predicted molar refractivity (Wildman–Crippen MR) is 91.4 cm³/mol. The molecule has 0 amide bonds. The molecule has 2 aromatic rings. The lowest BCUT2D eigenvalue weighted by Crippen LogP contribution is -2.48. The van der Waals surface area contributed by atoms with E-state index >= 15 is 0 Å². The smallest absolute Gasteiger partial charge is 0.187 e. The Balaban J connectivity index is 1.58. The highest BCUT2D eigenvalue weighted by atomic mass is 19.1. The van der Waals surface area contributed by atoms with E-state index in [1.807, 2.05) is 42.2 Å². The summed E-state index contributed by atoms with van der Waals surface area (Å²) in [4.78, 5) is 12.3. The quantitative estimate of drug-likeness (QED) is 0.909. The number of anilines is 1. The number of hydrogen-bond donors (Lipinski definition) is 1. The zero-order valence-corrected chi connectivity index (χ0v) is 13.9. The fourth-order valence-electron chi connectivity index (χ4n) is 3.03. The highest BCUT2D eigenvalue weighted by Gasteiger charge is 2.23. The Bertz CT molecular complexity index is 659. The number of hydrogen-bond acceptors (Lipinski definition) is 5. The number of piperazine rings is 1. The van der Waals surface area contributed by atoms with E-state index in [2.05, 4.69) is 14.9 Å². The summed E-state index contributed by atoms with van der Waals surface area (Å²) in [5.74, 6) is 0.0860. The van der Waals surface area contributed by atoms with E-state index in [4.69, 9.17) is 0 Å². The molecule has 0 bridgehead atoms. The topological polar surface area (TPSA) is 52.5 Å². The zero-order chi connectivity index (χ0) is 16.9. The van der Waals surface area contributed by atoms with Crippen LogP contribution in [0, 0.1) is 5.82 Å². The first-order valence-corrected chi connectivity index (χ1v) is 8.38. The normalized spacial score (nSPS) is 17.0. The van der Waals surface area contributed by atoms with E-state index in [1.54, 1.807) is 0 Å². The van der Waals surface area contributed by atoms with Gasteiger partial charge in [-0.3, -0.25) is 4.90 Å². The van der Waals surface area contributed by atoms with Gasteiger partial charge in [0.25, 0.3) is 0 Å². The third-order valence-electron chi connectivity index (χ3n) is 4.47. The molecule has 1 atom stereocenters. The minimum atomic E-state index is -0.500. The number of rotatable bonds is 5. The summed E-state index contributed by atoms with van der Waals surface area (Å²) >= 11 is 0. The molecule has 6 heteroatoms. The van der Waals surface area contributed by atoms with Crippen molar-refractivity contribution in [2.75, 3.05) is 37.6 Å². The number of nitrogens with zero attached hydrogens (tertiary/aromatic N) is 4. The van der Waals surface area contributed by atoms with E-state index in [1.165, 1.54) is 6.33 Å². The van der Waals surface area contributed by atoms with Crippen molar-refractivity contribution in [3.8, 4) is 0 Å². The zero-order valence-electron chi connectivity index (χ0n) is 13.9. The molecule has 0 aliphatic carbocycles. The van der Waals surface area contributed by atoms with Gasteiger partial charge >= 0.3 is 0 Å². The van der Waals surface area contributed by atoms with Crippen molar-refractivity contribution in [3.05, 3.63) is 53.7 Å². The Morgan fingerprint density at radius 3 is 2.50 bits per heavy atom. The molecule has 1 fully saturated rings. The van der Waals surface area contributed by atoms with E-state index in [9.17, 15) is 9.50 Å². The maximum atomic E-state index is 14.4. The highest BCUT2D eigenvalue weighted by molar-refractivity contribution is 5.41. The first-order valence-electron chi connectivity index (χ1n) is 8.38. The van der Waals surface area contributed by atoms with Crippen LogP contribution in [-0.2, 0) is 6.42 Å². The van der Waals surface area contributed by atoms with Crippen LogP contribution in [0.5, 0.6) is 0 Å². The SMILES string of the molecule is CCc1ncnc(N2CCN(CC(O)c3ccccc3)CC2)c1F. The number of halogens is 1. The van der Waals surface area contributed by atoms with E-state index < -0.39 is 6.10 Å². The molecule has 0 saturated carbocycles. The van der Waals surface area contributed by atoms with Crippen molar-refractivity contribution in [2.45, 2.75) is 19.4 Å². The van der Waals surface area contributed by atoms with E-state index in [0.29, 0.717) is 37.6 Å². The largest absolute Gasteiger partial charge is 0.387 e. The van der Waals surface area contributed by atoms with Gasteiger partial charge in [0, 0.05) is 32.7 Å². The number of aliphatic hydroxyl groups is 1. The Morgan fingerprint density at radius 2 is 1.83 bits per heavy atom. The lowest BCUT2D eigenvalue weighted by Gasteiger charge is -2.36. The number of β-amino-alcohol motifs (C(OH)–C–C–N with tert-alkyl or cyclic N) is 1. The summed E-state index contributed by atoms with van der Waals surface area (Å²) in [6, 6.07) is 9.67. The van der Waals surface area contributed by atoms with Gasteiger partial charge in [0.15, 0.2) is 11.6 Å². The van der Waals surface area contributed by atoms with Gasteiger partial charge in [0.2, 0.25) is 0 Å². The van der Waals surface area contributed by atoms with Gasteiger partial charge in [-0.25, -0.2) is 14.4 Å². The first kappa shape index (κ1) is 16.8. The van der Waals surface area contributed by atoms with Crippen LogP contribution < -0.4 is 4.90 Å². The summed E-state index contributed by atoms with van der Waals surface area (Å²) in [6.07, 6.45) is 1.49. The fourth-order valence-corrected chi connectivity index (χ4v) is 3.03. The molecule has 1 aromatic carbocycles. The van der Waals surface area contributed by atoms with Crippen molar-refractivity contribution in [1.29, 1.82) is 0 Å². The summed E-state index contributed by atoms with van der Waals surface area (Å²) in [6.45, 7) is 5.41. The van der Waals surface area contributed by atoms with Crippen molar-refractivity contribution >= 4 is 5.82 Å². The Hall–Kier alpha value is -2.05. The molecule has 0 radical (unpaired) electrons. The second-order valence-electron chi connectivity index (χ2n) is 6.03. The molecule has 1 saturated heterocycles. The van der Waals surface area contributed by atoms with E-state index in [-0.39, 0.29) is 5.82 Å². The molecular weight excluding hydrogens is 307 g/mol. The summed E-state index contributed by atoms with van der Waals surface area (Å²) < 4.78 is 14.4. The Morgan fingerprint density at radius 1 is 1.12 bits per heavy atom. The second kappa shape index (κ2) is 7.68. The lowest BCUT2D eigenvalue weighted by molar-refractivity contribution is 0.109. The van der Waals surface area contributed by atoms with Crippen molar-refractivity contribution in [3.63, 3.8) is 0 Å². The third kappa shape index (κ3) is 3.71. The highest BCUT2D eigenvalue weighted by Crippen LogP contribution is 2.21. The molecule has 1 aromatic heterocycles. The summed E-state index contributed by atoms with van der Waals surface area (Å²) in [5, 5.41) is 10.3. The van der Waals surface area contributed by atoms with E-state index in [0.717, 1.165) is 18.7 Å². The van der Waals surface area contributed by atoms with Crippen LogP contribution in [0.3, 0.4) is 0 Å². The van der Waals surface area contributed by atoms with Crippen molar-refractivity contribution in [2.24, 2.45) is 0 Å². The Labute approximate surface area is 141 Å². The van der Waals surface area contributed by atoms with Gasteiger partial charge in [0.05, 0.1) is 11.8 Å². The molecule has 1 unspecified atom stereocenters. The number of aromatic nitrogens is 2. The molecular formula is C18H23FN4O. The van der Waals surface area contributed by atoms with Gasteiger partial charge in [-0.2, -0.15) is 0 Å². The van der Waals surface area contributed by atoms with Crippen LogP contribution in [0.25, 0.3) is 0 Å². The Kier molecular flexibility index (Phi) is 5.37. The van der Waals surface area contributed by atoms with Gasteiger partial charge in [-0.05, 0) is 12.0 Å². The molecule has 128 valence electrons. The first-order chi connectivity index (χ1) is 11.7.